The topological polar surface area (TPSA) is 90.5 Å². The van der Waals surface area contributed by atoms with Crippen molar-refractivity contribution >= 4 is 12.0 Å². The lowest BCUT2D eigenvalue weighted by atomic mass is 9.95. The average molecular weight is 402 g/mol. The molecule has 0 radical (unpaired) electrons. The molecule has 1 aromatic heterocycles. The summed E-state index contributed by atoms with van der Waals surface area (Å²) in [6.07, 6.45) is 0.162. The summed E-state index contributed by atoms with van der Waals surface area (Å²) in [7, 11) is 1.79. The Labute approximate surface area is 169 Å². The van der Waals surface area contributed by atoms with Gasteiger partial charge in [-0.05, 0) is 57.9 Å². The number of amides is 2. The quantitative estimate of drug-likeness (QED) is 0.854. The highest BCUT2D eigenvalue weighted by Crippen LogP contribution is 2.36. The number of carbonyl (C=O) groups is 2. The van der Waals surface area contributed by atoms with Crippen molar-refractivity contribution in [3.05, 3.63) is 40.8 Å². The average Bonchev–Trinajstić information content (AvgIpc) is 2.89. The highest BCUT2D eigenvalue weighted by molar-refractivity contribution is 5.77. The zero-order valence-electron chi connectivity index (χ0n) is 17.5. The number of aromatic nitrogens is 2. The second kappa shape index (κ2) is 7.50. The molecule has 0 bridgehead atoms. The molecule has 29 heavy (non-hydrogen) atoms. The highest BCUT2D eigenvalue weighted by Gasteiger charge is 2.35. The van der Waals surface area contributed by atoms with E-state index in [0.29, 0.717) is 24.1 Å². The van der Waals surface area contributed by atoms with Gasteiger partial charge >= 0.3 is 6.09 Å². The molecule has 8 heteroatoms. The molecule has 1 unspecified atom stereocenters. The van der Waals surface area contributed by atoms with Crippen molar-refractivity contribution in [3.8, 4) is 11.3 Å². The summed E-state index contributed by atoms with van der Waals surface area (Å²) in [6, 6.07) is 4.22. The second-order valence-electron chi connectivity index (χ2n) is 8.43. The van der Waals surface area contributed by atoms with Gasteiger partial charge in [0, 0.05) is 24.7 Å². The van der Waals surface area contributed by atoms with E-state index in [9.17, 15) is 14.0 Å². The van der Waals surface area contributed by atoms with Crippen LogP contribution in [0.1, 0.15) is 50.6 Å². The van der Waals surface area contributed by atoms with Gasteiger partial charge < -0.3 is 10.5 Å². The molecule has 1 aromatic carbocycles. The smallest absolute Gasteiger partial charge is 0.410 e. The van der Waals surface area contributed by atoms with E-state index in [0.717, 1.165) is 17.0 Å². The van der Waals surface area contributed by atoms with Gasteiger partial charge in [0.1, 0.15) is 11.4 Å². The van der Waals surface area contributed by atoms with Gasteiger partial charge in [0.05, 0.1) is 23.9 Å². The van der Waals surface area contributed by atoms with Gasteiger partial charge in [-0.3, -0.25) is 14.4 Å². The van der Waals surface area contributed by atoms with Gasteiger partial charge in [0.2, 0.25) is 5.91 Å². The Kier molecular flexibility index (Phi) is 5.38. The summed E-state index contributed by atoms with van der Waals surface area (Å²) < 4.78 is 21.4. The minimum atomic E-state index is -0.579. The summed E-state index contributed by atoms with van der Waals surface area (Å²) in [6.45, 7) is 7.88. The highest BCUT2D eigenvalue weighted by atomic mass is 19.1. The number of halogens is 1. The van der Waals surface area contributed by atoms with E-state index in [1.54, 1.807) is 22.7 Å². The fraction of sp³-hybridized carbons (Fsp3) is 0.476. The Morgan fingerprint density at radius 1 is 1.31 bits per heavy atom. The minimum absolute atomic E-state index is 0.0341. The zero-order chi connectivity index (χ0) is 21.5. The van der Waals surface area contributed by atoms with Gasteiger partial charge in [-0.2, -0.15) is 5.10 Å². The van der Waals surface area contributed by atoms with Crippen LogP contribution in [-0.4, -0.2) is 38.8 Å². The first-order valence-electron chi connectivity index (χ1n) is 9.60. The predicted molar refractivity (Wildman–Crippen MR) is 107 cm³/mol. The number of rotatable bonds is 3. The second-order valence-corrected chi connectivity index (χ2v) is 8.43. The van der Waals surface area contributed by atoms with Crippen LogP contribution in [0.5, 0.6) is 0 Å². The van der Waals surface area contributed by atoms with Crippen molar-refractivity contribution in [2.75, 3.05) is 6.54 Å². The predicted octanol–water partition coefficient (Wildman–Crippen LogP) is 3.11. The number of aryl methyl sites for hydroxylation is 1. The Bertz CT molecular complexity index is 962. The van der Waals surface area contributed by atoms with Crippen LogP contribution >= 0.6 is 0 Å². The first kappa shape index (κ1) is 20.8. The van der Waals surface area contributed by atoms with E-state index in [1.165, 1.54) is 12.1 Å². The maximum absolute atomic E-state index is 14.2. The molecule has 3 rings (SSSR count). The summed E-state index contributed by atoms with van der Waals surface area (Å²) in [5.74, 6) is -0.955. The molecule has 156 valence electrons. The van der Waals surface area contributed by atoms with E-state index in [1.807, 2.05) is 27.7 Å². The molecule has 0 spiro atoms. The summed E-state index contributed by atoms with van der Waals surface area (Å²) in [4.78, 5) is 25.5. The third-order valence-electron chi connectivity index (χ3n) is 4.88. The maximum Gasteiger partial charge on any atom is 0.410 e. The molecule has 2 aromatic rings. The third kappa shape index (κ3) is 4.41. The van der Waals surface area contributed by atoms with Crippen molar-refractivity contribution in [1.82, 2.24) is 14.7 Å². The van der Waals surface area contributed by atoms with Crippen molar-refractivity contribution in [1.29, 1.82) is 0 Å². The molecule has 1 aliphatic rings. The third-order valence-corrected chi connectivity index (χ3v) is 4.88. The molecule has 7 nitrogen and oxygen atoms in total. The monoisotopic (exact) mass is 402 g/mol. The molecular formula is C21H27FN4O3. The van der Waals surface area contributed by atoms with Gasteiger partial charge in [0.25, 0.3) is 0 Å². The van der Waals surface area contributed by atoms with Crippen LogP contribution in [0.15, 0.2) is 18.2 Å². The van der Waals surface area contributed by atoms with E-state index in [2.05, 4.69) is 5.10 Å². The molecule has 1 atom stereocenters. The van der Waals surface area contributed by atoms with E-state index in [4.69, 9.17) is 10.5 Å². The molecule has 2 heterocycles. The number of benzene rings is 1. The van der Waals surface area contributed by atoms with E-state index >= 15 is 0 Å². The number of carbonyl (C=O) groups excluding carboxylic acids is 2. The Balaban J connectivity index is 1.97. The number of nitrogens with two attached hydrogens (primary N) is 1. The zero-order valence-corrected chi connectivity index (χ0v) is 17.5. The number of fused-ring (bicyclic) bond motifs is 1. The molecule has 0 saturated heterocycles. The largest absolute Gasteiger partial charge is 0.444 e. The molecule has 0 fully saturated rings. The minimum Gasteiger partial charge on any atom is -0.444 e. The van der Waals surface area contributed by atoms with Crippen LogP contribution in [0.3, 0.4) is 0 Å². The lowest BCUT2D eigenvalue weighted by Gasteiger charge is -2.34. The van der Waals surface area contributed by atoms with Crippen molar-refractivity contribution in [2.24, 2.45) is 12.8 Å². The maximum atomic E-state index is 14.2. The SMILES string of the molecule is CC1c2nn(C)c(-c3cc(F)cc(CC(N)=O)c3)c2CCN1C(=O)OC(C)(C)C. The molecule has 1 aliphatic heterocycles. The number of primary amides is 1. The van der Waals surface area contributed by atoms with Crippen LogP contribution in [0.4, 0.5) is 9.18 Å². The van der Waals surface area contributed by atoms with Crippen molar-refractivity contribution < 1.29 is 18.7 Å². The van der Waals surface area contributed by atoms with Crippen LogP contribution in [0, 0.1) is 5.82 Å². The van der Waals surface area contributed by atoms with Gasteiger partial charge in [0.15, 0.2) is 0 Å². The molecule has 2 amide bonds. The Hall–Kier alpha value is -2.90. The van der Waals surface area contributed by atoms with E-state index < -0.39 is 17.3 Å². The lowest BCUT2D eigenvalue weighted by Crippen LogP contribution is -2.42. The number of hydrogen-bond donors (Lipinski definition) is 1. The van der Waals surface area contributed by atoms with E-state index in [-0.39, 0.29) is 18.6 Å². The fourth-order valence-electron chi connectivity index (χ4n) is 3.77. The summed E-state index contributed by atoms with van der Waals surface area (Å²) in [5, 5.41) is 4.61. The van der Waals surface area contributed by atoms with Crippen LogP contribution in [-0.2, 0) is 29.4 Å². The van der Waals surface area contributed by atoms with Crippen LogP contribution in [0.25, 0.3) is 11.3 Å². The Morgan fingerprint density at radius 3 is 2.62 bits per heavy atom. The Morgan fingerprint density at radius 2 is 2.00 bits per heavy atom. The standard InChI is InChI=1S/C21H27FN4O3/c1-12-18-16(6-7-26(12)20(28)29-21(2,3)4)19(25(5)24-18)14-8-13(10-17(23)27)9-15(22)11-14/h8-9,11-12H,6-7,10H2,1-5H3,(H2,23,27). The first-order valence-corrected chi connectivity index (χ1v) is 9.60. The van der Waals surface area contributed by atoms with Crippen molar-refractivity contribution in [3.63, 3.8) is 0 Å². The molecule has 0 saturated carbocycles. The fourth-order valence-corrected chi connectivity index (χ4v) is 3.77. The van der Waals surface area contributed by atoms with Crippen molar-refractivity contribution in [2.45, 2.75) is 52.2 Å². The number of hydrogen-bond acceptors (Lipinski definition) is 4. The van der Waals surface area contributed by atoms with Crippen LogP contribution in [0.2, 0.25) is 0 Å². The summed E-state index contributed by atoms with van der Waals surface area (Å²) >= 11 is 0. The first-order chi connectivity index (χ1) is 13.5. The lowest BCUT2D eigenvalue weighted by molar-refractivity contribution is -0.117. The van der Waals surface area contributed by atoms with Gasteiger partial charge in [-0.15, -0.1) is 0 Å². The molecular weight excluding hydrogens is 375 g/mol. The number of nitrogens with zero attached hydrogens (tertiary/aromatic N) is 3. The summed E-state index contributed by atoms with van der Waals surface area (Å²) in [5.41, 5.74) is 8.34. The van der Waals surface area contributed by atoms with Crippen LogP contribution < -0.4 is 5.73 Å². The van der Waals surface area contributed by atoms with Gasteiger partial charge in [-0.1, -0.05) is 0 Å². The normalized spacial score (nSPS) is 16.5. The molecule has 0 aliphatic carbocycles. The van der Waals surface area contributed by atoms with Gasteiger partial charge in [-0.25, -0.2) is 9.18 Å². The molecule has 2 N–H and O–H groups in total. The number of ether oxygens (including phenoxy) is 1.